The van der Waals surface area contributed by atoms with Gasteiger partial charge in [-0.1, -0.05) is 35.3 Å². The van der Waals surface area contributed by atoms with E-state index in [4.69, 9.17) is 33.7 Å². The number of urea groups is 1. The van der Waals surface area contributed by atoms with Crippen molar-refractivity contribution in [1.82, 2.24) is 9.97 Å². The number of carbonyl (C=O) groups excluding carboxylic acids is 1. The number of nitrogen functional groups attached to an aromatic ring is 1. The number of halogens is 2. The number of para-hydroxylation sites is 2. The van der Waals surface area contributed by atoms with Crippen LogP contribution in [0.25, 0.3) is 0 Å². The summed E-state index contributed by atoms with van der Waals surface area (Å²) in [7, 11) is 2.97. The quantitative estimate of drug-likeness (QED) is 0.493. The van der Waals surface area contributed by atoms with Crippen molar-refractivity contribution in [2.24, 2.45) is 0 Å². The number of nitrogens with two attached hydrogens (primary N) is 1. The molecule has 0 bridgehead atoms. The van der Waals surface area contributed by atoms with E-state index >= 15 is 0 Å². The van der Waals surface area contributed by atoms with E-state index in [1.165, 1.54) is 23.0 Å². The summed E-state index contributed by atoms with van der Waals surface area (Å²) in [5.41, 5.74) is 7.95. The predicted molar refractivity (Wildman–Crippen MR) is 121 cm³/mol. The van der Waals surface area contributed by atoms with Gasteiger partial charge in [-0.25, -0.2) is 9.78 Å². The number of rotatable bonds is 4. The molecule has 0 saturated carbocycles. The summed E-state index contributed by atoms with van der Waals surface area (Å²) in [5, 5.41) is 13.2. The molecule has 1 aromatic heterocycles. The van der Waals surface area contributed by atoms with Crippen molar-refractivity contribution in [1.29, 1.82) is 0 Å². The number of benzene rings is 2. The predicted octanol–water partition coefficient (Wildman–Crippen LogP) is 4.40. The number of aromatic nitrogens is 2. The molecule has 0 unspecified atom stereocenters. The summed E-state index contributed by atoms with van der Waals surface area (Å²) in [6.45, 7) is 0.0955. The first kappa shape index (κ1) is 20.8. The Balaban J connectivity index is 1.72. The Bertz CT molecular complexity index is 1190. The van der Waals surface area contributed by atoms with Crippen molar-refractivity contribution in [3.63, 3.8) is 0 Å². The molecule has 0 radical (unpaired) electrons. The molecule has 4 rings (SSSR count). The van der Waals surface area contributed by atoms with Crippen LogP contribution in [0, 0.1) is 0 Å². The van der Waals surface area contributed by atoms with Crippen molar-refractivity contribution >= 4 is 58.1 Å². The molecule has 2 heterocycles. The van der Waals surface area contributed by atoms with Crippen LogP contribution < -0.4 is 25.6 Å². The van der Waals surface area contributed by atoms with Gasteiger partial charge in [0.05, 0.1) is 30.7 Å². The number of methoxy groups -OCH3 is 1. The first-order valence-electron chi connectivity index (χ1n) is 9.09. The Morgan fingerprint density at radius 1 is 1.26 bits per heavy atom. The molecule has 31 heavy (non-hydrogen) atoms. The molecule has 2 aromatic carbocycles. The lowest BCUT2D eigenvalue weighted by Gasteiger charge is -2.35. The number of hydrogen-bond donors (Lipinski definition) is 3. The number of amides is 2. The van der Waals surface area contributed by atoms with Gasteiger partial charge in [-0.15, -0.1) is 0 Å². The highest BCUT2D eigenvalue weighted by molar-refractivity contribution is 6.42. The summed E-state index contributed by atoms with van der Waals surface area (Å²) in [5.74, 6) is 0.652. The zero-order valence-electron chi connectivity index (χ0n) is 16.6. The van der Waals surface area contributed by atoms with Crippen LogP contribution in [0.15, 0.2) is 36.5 Å². The fourth-order valence-electron chi connectivity index (χ4n) is 3.25. The van der Waals surface area contributed by atoms with Crippen molar-refractivity contribution in [3.05, 3.63) is 52.1 Å². The van der Waals surface area contributed by atoms with Crippen LogP contribution in [0.2, 0.25) is 10.0 Å². The number of phenolic OH excluding ortho intramolecular Hbond substituents is 1. The van der Waals surface area contributed by atoms with Crippen molar-refractivity contribution in [3.8, 4) is 11.5 Å². The van der Waals surface area contributed by atoms with E-state index in [-0.39, 0.29) is 33.8 Å². The molecule has 3 aromatic rings. The molecular formula is C20H18Cl2N6O3. The van der Waals surface area contributed by atoms with E-state index in [0.717, 1.165) is 0 Å². The molecule has 4 N–H and O–H groups in total. The Kier molecular flexibility index (Phi) is 5.38. The largest absolute Gasteiger partial charge is 0.506 e. The lowest BCUT2D eigenvalue weighted by molar-refractivity contribution is 0.251. The van der Waals surface area contributed by atoms with Crippen LogP contribution >= 0.6 is 23.2 Å². The zero-order chi connectivity index (χ0) is 22.3. The van der Waals surface area contributed by atoms with Gasteiger partial charge < -0.3 is 20.9 Å². The minimum Gasteiger partial charge on any atom is -0.506 e. The topological polar surface area (TPSA) is 117 Å². The summed E-state index contributed by atoms with van der Waals surface area (Å²) in [6, 6.07) is 8.06. The fourth-order valence-corrected chi connectivity index (χ4v) is 3.87. The van der Waals surface area contributed by atoms with E-state index in [1.807, 2.05) is 12.1 Å². The molecule has 0 atom stereocenters. The molecule has 2 amide bonds. The molecule has 1 aliphatic heterocycles. The maximum atomic E-state index is 13.1. The van der Waals surface area contributed by atoms with Crippen molar-refractivity contribution in [2.45, 2.75) is 6.54 Å². The second kappa shape index (κ2) is 8.01. The van der Waals surface area contributed by atoms with Gasteiger partial charge in [-0.3, -0.25) is 9.80 Å². The first-order chi connectivity index (χ1) is 14.8. The van der Waals surface area contributed by atoms with Crippen LogP contribution in [0.3, 0.4) is 0 Å². The lowest BCUT2D eigenvalue weighted by atomic mass is 10.2. The highest BCUT2D eigenvalue weighted by Gasteiger charge is 2.34. The average Bonchev–Trinajstić information content (AvgIpc) is 2.76. The molecule has 0 saturated heterocycles. The average molecular weight is 461 g/mol. The minimum atomic E-state index is -0.437. The molecule has 160 valence electrons. The van der Waals surface area contributed by atoms with Gasteiger partial charge in [0.1, 0.15) is 27.4 Å². The van der Waals surface area contributed by atoms with E-state index < -0.39 is 6.03 Å². The third-order valence-electron chi connectivity index (χ3n) is 4.83. The Morgan fingerprint density at radius 3 is 2.71 bits per heavy atom. The summed E-state index contributed by atoms with van der Waals surface area (Å²) in [4.78, 5) is 24.6. The molecule has 0 fully saturated rings. The first-order valence-corrected chi connectivity index (χ1v) is 9.85. The highest BCUT2D eigenvalue weighted by atomic mass is 35.5. The van der Waals surface area contributed by atoms with Gasteiger partial charge in [0.2, 0.25) is 5.95 Å². The number of nitrogens with one attached hydrogen (secondary N) is 1. The minimum absolute atomic E-state index is 0.0604. The Hall–Kier alpha value is -3.43. The van der Waals surface area contributed by atoms with Crippen LogP contribution in [0.5, 0.6) is 11.5 Å². The lowest BCUT2D eigenvalue weighted by Crippen LogP contribution is -2.46. The SMILES string of the molecule is COc1cc(O)c(Cl)c(N2Cc3cnc(Nc4ccccc4N)nc3N(C)C2=O)c1Cl. The zero-order valence-corrected chi connectivity index (χ0v) is 18.1. The number of carbonyl (C=O) groups is 1. The van der Waals surface area contributed by atoms with Gasteiger partial charge in [0.15, 0.2) is 0 Å². The van der Waals surface area contributed by atoms with Gasteiger partial charge in [0, 0.05) is 24.9 Å². The van der Waals surface area contributed by atoms with Crippen molar-refractivity contribution in [2.75, 3.05) is 35.0 Å². The number of fused-ring (bicyclic) bond motifs is 1. The standard InChI is InChI=1S/C20H18Cl2N6O3/c1-27-18-10(8-24-19(26-18)25-12-6-4-3-5-11(12)23)9-28(20(27)30)17-15(21)13(29)7-14(31-2)16(17)22/h3-8,29H,9,23H2,1-2H3,(H,24,25,26). The van der Waals surface area contributed by atoms with Crippen molar-refractivity contribution < 1.29 is 14.6 Å². The second-order valence-corrected chi connectivity index (χ2v) is 7.51. The maximum absolute atomic E-state index is 13.1. The van der Waals surface area contributed by atoms with Gasteiger partial charge in [0.25, 0.3) is 0 Å². The van der Waals surface area contributed by atoms with E-state index in [0.29, 0.717) is 28.7 Å². The molecular weight excluding hydrogens is 443 g/mol. The third kappa shape index (κ3) is 3.62. The van der Waals surface area contributed by atoms with Gasteiger partial charge >= 0.3 is 6.03 Å². The number of nitrogens with zero attached hydrogens (tertiary/aromatic N) is 4. The number of ether oxygens (including phenoxy) is 1. The van der Waals surface area contributed by atoms with Gasteiger partial charge in [-0.05, 0) is 12.1 Å². The normalized spacial score (nSPS) is 13.2. The van der Waals surface area contributed by atoms with Gasteiger partial charge in [-0.2, -0.15) is 4.98 Å². The molecule has 0 aliphatic carbocycles. The molecule has 11 heteroatoms. The monoisotopic (exact) mass is 460 g/mol. The van der Waals surface area contributed by atoms with Crippen LogP contribution in [0.4, 0.5) is 33.6 Å². The van der Waals surface area contributed by atoms with Crippen LogP contribution in [-0.2, 0) is 6.54 Å². The molecule has 0 spiro atoms. The second-order valence-electron chi connectivity index (χ2n) is 6.76. The smallest absolute Gasteiger partial charge is 0.330 e. The van der Waals surface area contributed by atoms with E-state index in [2.05, 4.69) is 15.3 Å². The van der Waals surface area contributed by atoms with E-state index in [1.54, 1.807) is 25.4 Å². The maximum Gasteiger partial charge on any atom is 0.330 e. The third-order valence-corrected chi connectivity index (χ3v) is 5.57. The Labute approximate surface area is 188 Å². The number of hydrogen-bond acceptors (Lipinski definition) is 7. The molecule has 9 nitrogen and oxygen atoms in total. The summed E-state index contributed by atoms with van der Waals surface area (Å²) >= 11 is 12.7. The number of anilines is 5. The van der Waals surface area contributed by atoms with E-state index in [9.17, 15) is 9.90 Å². The van der Waals surface area contributed by atoms with Crippen LogP contribution in [-0.4, -0.2) is 35.3 Å². The molecule has 1 aliphatic rings. The summed E-state index contributed by atoms with van der Waals surface area (Å²) in [6.07, 6.45) is 1.60. The summed E-state index contributed by atoms with van der Waals surface area (Å²) < 4.78 is 5.18. The highest BCUT2D eigenvalue weighted by Crippen LogP contribution is 2.47. The fraction of sp³-hybridized carbons (Fsp3) is 0.150. The van der Waals surface area contributed by atoms with Crippen LogP contribution in [0.1, 0.15) is 5.56 Å². The Morgan fingerprint density at radius 2 is 2.00 bits per heavy atom. The number of phenols is 1. The number of aromatic hydroxyl groups is 1.